The molecule has 1 amide bonds. The number of aromatic nitrogens is 3. The highest BCUT2D eigenvalue weighted by atomic mass is 16.2. The Hall–Kier alpha value is -3.10. The van der Waals surface area contributed by atoms with Crippen LogP contribution in [0.2, 0.25) is 0 Å². The number of carbonyl (C=O) groups is 1. The van der Waals surface area contributed by atoms with E-state index >= 15 is 0 Å². The van der Waals surface area contributed by atoms with E-state index in [1.807, 2.05) is 4.98 Å². The first kappa shape index (κ1) is 14.3. The quantitative estimate of drug-likeness (QED) is 0.493. The molecule has 0 spiro atoms. The molecule has 1 aromatic carbocycles. The normalized spacial score (nSPS) is 10.3. The first-order valence-electron chi connectivity index (χ1n) is 6.02. The van der Waals surface area contributed by atoms with Crippen LogP contribution < -0.4 is 27.6 Å². The van der Waals surface area contributed by atoms with Gasteiger partial charge in [-0.3, -0.25) is 14.6 Å². The molecular weight excluding hydrogens is 276 g/mol. The number of rotatable bonds is 5. The van der Waals surface area contributed by atoms with Crippen LogP contribution in [0.3, 0.4) is 0 Å². The van der Waals surface area contributed by atoms with Gasteiger partial charge in [-0.15, -0.1) is 5.10 Å². The van der Waals surface area contributed by atoms with Crippen LogP contribution in [0.5, 0.6) is 0 Å². The van der Waals surface area contributed by atoms with Crippen molar-refractivity contribution in [3.05, 3.63) is 50.7 Å². The van der Waals surface area contributed by atoms with Crippen molar-refractivity contribution in [3.8, 4) is 0 Å². The number of amides is 1. The van der Waals surface area contributed by atoms with Crippen LogP contribution in [-0.4, -0.2) is 27.6 Å². The van der Waals surface area contributed by atoms with E-state index in [0.29, 0.717) is 5.69 Å². The van der Waals surface area contributed by atoms with E-state index in [4.69, 9.17) is 11.5 Å². The van der Waals surface area contributed by atoms with Gasteiger partial charge in [0.25, 0.3) is 5.56 Å². The van der Waals surface area contributed by atoms with Crippen molar-refractivity contribution < 1.29 is 4.79 Å². The van der Waals surface area contributed by atoms with Crippen LogP contribution in [0, 0.1) is 0 Å². The summed E-state index contributed by atoms with van der Waals surface area (Å²) in [4.78, 5) is 37.3. The zero-order valence-electron chi connectivity index (χ0n) is 11.0. The van der Waals surface area contributed by atoms with Gasteiger partial charge in [0.15, 0.2) is 0 Å². The lowest BCUT2D eigenvalue weighted by molar-refractivity contribution is -0.116. The smallest absolute Gasteiger partial charge is 0.342 e. The third-order valence-corrected chi connectivity index (χ3v) is 2.69. The lowest BCUT2D eigenvalue weighted by Gasteiger charge is -2.20. The molecule has 0 aliphatic carbocycles. The van der Waals surface area contributed by atoms with E-state index in [1.54, 1.807) is 24.3 Å². The third-order valence-electron chi connectivity index (χ3n) is 2.69. The predicted octanol–water partition coefficient (Wildman–Crippen LogP) is -1.47. The van der Waals surface area contributed by atoms with E-state index < -0.39 is 17.2 Å². The Bertz CT molecular complexity index is 749. The number of carbonyl (C=O) groups excluding carboxylic acids is 1. The molecule has 0 bridgehead atoms. The second kappa shape index (κ2) is 5.90. The minimum absolute atomic E-state index is 0.0924. The molecule has 110 valence electrons. The molecule has 2 aromatic rings. The fraction of sp³-hybridized carbons (Fsp3) is 0.167. The number of anilines is 2. The lowest BCUT2D eigenvalue weighted by atomic mass is 10.2. The molecule has 0 fully saturated rings. The standard InChI is InChI=1S/C12H14N6O3/c13-8-3-1-7(2-4-8)5-18(6-9(14)19)10-11(20)15-12(21)17-16-10/h1-4H,5-6,13H2,(H2,14,19)(H2,15,17,20,21). The van der Waals surface area contributed by atoms with Gasteiger partial charge in [-0.2, -0.15) is 0 Å². The van der Waals surface area contributed by atoms with Crippen molar-refractivity contribution in [2.75, 3.05) is 17.2 Å². The summed E-state index contributed by atoms with van der Waals surface area (Å²) in [6.07, 6.45) is 0. The third kappa shape index (κ3) is 3.69. The number of benzene rings is 1. The highest BCUT2D eigenvalue weighted by Gasteiger charge is 2.15. The number of aromatic amines is 2. The SMILES string of the molecule is NC(=O)CN(Cc1ccc(N)cc1)c1n[nH]c(=O)[nH]c1=O. The van der Waals surface area contributed by atoms with Crippen molar-refractivity contribution >= 4 is 17.4 Å². The molecule has 0 radical (unpaired) electrons. The Morgan fingerprint density at radius 3 is 2.48 bits per heavy atom. The maximum absolute atomic E-state index is 11.8. The molecule has 9 nitrogen and oxygen atoms in total. The summed E-state index contributed by atoms with van der Waals surface area (Å²) >= 11 is 0. The fourth-order valence-corrected chi connectivity index (χ4v) is 1.79. The molecule has 2 rings (SSSR count). The first-order valence-corrected chi connectivity index (χ1v) is 6.02. The number of hydrogen-bond donors (Lipinski definition) is 4. The molecule has 0 atom stereocenters. The van der Waals surface area contributed by atoms with E-state index in [0.717, 1.165) is 5.56 Å². The van der Waals surface area contributed by atoms with Crippen molar-refractivity contribution in [2.24, 2.45) is 5.73 Å². The Labute approximate surface area is 118 Å². The second-order valence-electron chi connectivity index (χ2n) is 4.39. The summed E-state index contributed by atoms with van der Waals surface area (Å²) in [5, 5.41) is 5.77. The first-order chi connectivity index (χ1) is 9.95. The van der Waals surface area contributed by atoms with E-state index in [1.165, 1.54) is 4.90 Å². The molecule has 1 aromatic heterocycles. The number of nitrogens with zero attached hydrogens (tertiary/aromatic N) is 2. The summed E-state index contributed by atoms with van der Waals surface area (Å²) in [5.41, 5.74) is 10.7. The molecule has 0 aliphatic heterocycles. The van der Waals surface area contributed by atoms with Gasteiger partial charge in [0.2, 0.25) is 11.7 Å². The van der Waals surface area contributed by atoms with Gasteiger partial charge in [-0.25, -0.2) is 9.89 Å². The van der Waals surface area contributed by atoms with Gasteiger partial charge in [0.1, 0.15) is 0 Å². The van der Waals surface area contributed by atoms with Gasteiger partial charge in [0, 0.05) is 12.2 Å². The Kier molecular flexibility index (Phi) is 4.02. The topological polar surface area (TPSA) is 151 Å². The monoisotopic (exact) mass is 290 g/mol. The number of hydrogen-bond acceptors (Lipinski definition) is 6. The summed E-state index contributed by atoms with van der Waals surface area (Å²) in [6, 6.07) is 6.90. The van der Waals surface area contributed by atoms with Crippen LogP contribution in [-0.2, 0) is 11.3 Å². The largest absolute Gasteiger partial charge is 0.399 e. The van der Waals surface area contributed by atoms with Gasteiger partial charge >= 0.3 is 5.69 Å². The molecule has 0 aliphatic rings. The minimum atomic E-state index is -0.727. The lowest BCUT2D eigenvalue weighted by Crippen LogP contribution is -2.39. The van der Waals surface area contributed by atoms with Crippen molar-refractivity contribution in [1.82, 2.24) is 15.2 Å². The van der Waals surface area contributed by atoms with Crippen LogP contribution >= 0.6 is 0 Å². The molecular formula is C12H14N6O3. The van der Waals surface area contributed by atoms with Crippen LogP contribution in [0.25, 0.3) is 0 Å². The summed E-state index contributed by atoms with van der Waals surface area (Å²) in [7, 11) is 0. The number of H-pyrrole nitrogens is 2. The maximum Gasteiger partial charge on any atom is 0.342 e. The highest BCUT2D eigenvalue weighted by Crippen LogP contribution is 2.11. The molecule has 0 unspecified atom stereocenters. The molecule has 1 heterocycles. The number of nitrogen functional groups attached to an aromatic ring is 1. The Morgan fingerprint density at radius 2 is 1.90 bits per heavy atom. The minimum Gasteiger partial charge on any atom is -0.399 e. The maximum atomic E-state index is 11.8. The van der Waals surface area contributed by atoms with E-state index in [9.17, 15) is 14.4 Å². The van der Waals surface area contributed by atoms with Gasteiger partial charge in [0.05, 0.1) is 6.54 Å². The molecule has 9 heteroatoms. The Morgan fingerprint density at radius 1 is 1.24 bits per heavy atom. The van der Waals surface area contributed by atoms with Gasteiger partial charge in [-0.1, -0.05) is 12.1 Å². The van der Waals surface area contributed by atoms with Gasteiger partial charge < -0.3 is 16.4 Å². The fourth-order valence-electron chi connectivity index (χ4n) is 1.79. The van der Waals surface area contributed by atoms with Crippen LogP contribution in [0.4, 0.5) is 11.5 Å². The molecule has 21 heavy (non-hydrogen) atoms. The second-order valence-corrected chi connectivity index (χ2v) is 4.39. The molecule has 6 N–H and O–H groups in total. The number of nitrogens with one attached hydrogen (secondary N) is 2. The number of primary amides is 1. The average Bonchev–Trinajstić information content (AvgIpc) is 2.40. The highest BCUT2D eigenvalue weighted by molar-refractivity contribution is 5.79. The van der Waals surface area contributed by atoms with Crippen molar-refractivity contribution in [1.29, 1.82) is 0 Å². The molecule has 0 saturated carbocycles. The van der Waals surface area contributed by atoms with Gasteiger partial charge in [-0.05, 0) is 17.7 Å². The van der Waals surface area contributed by atoms with Crippen molar-refractivity contribution in [3.63, 3.8) is 0 Å². The van der Waals surface area contributed by atoms with Crippen molar-refractivity contribution in [2.45, 2.75) is 6.54 Å². The predicted molar refractivity (Wildman–Crippen MR) is 76.6 cm³/mol. The van der Waals surface area contributed by atoms with E-state index in [-0.39, 0.29) is 18.9 Å². The average molecular weight is 290 g/mol. The zero-order chi connectivity index (χ0) is 15.4. The molecule has 0 saturated heterocycles. The Balaban J connectivity index is 2.33. The number of nitrogens with two attached hydrogens (primary N) is 2. The summed E-state index contributed by atoms with van der Waals surface area (Å²) in [6.45, 7) is -0.00214. The summed E-state index contributed by atoms with van der Waals surface area (Å²) < 4.78 is 0. The summed E-state index contributed by atoms with van der Waals surface area (Å²) in [5.74, 6) is -0.719. The van der Waals surface area contributed by atoms with E-state index in [2.05, 4.69) is 10.2 Å². The van der Waals surface area contributed by atoms with Crippen LogP contribution in [0.1, 0.15) is 5.56 Å². The van der Waals surface area contributed by atoms with Crippen LogP contribution in [0.15, 0.2) is 33.9 Å². The zero-order valence-corrected chi connectivity index (χ0v) is 11.0.